The summed E-state index contributed by atoms with van der Waals surface area (Å²) in [6.07, 6.45) is -0.610. The lowest BCUT2D eigenvalue weighted by Crippen LogP contribution is -2.44. The Balaban J connectivity index is 1.74. The maximum absolute atomic E-state index is 13.6. The number of carbonyl (C=O) groups is 3. The van der Waals surface area contributed by atoms with Gasteiger partial charge in [-0.3, -0.25) is 10.1 Å². The number of rotatable bonds is 11. The molecule has 0 aliphatic carbocycles. The fourth-order valence-corrected chi connectivity index (χ4v) is 4.96. The van der Waals surface area contributed by atoms with Gasteiger partial charge in [-0.25, -0.2) is 9.59 Å². The van der Waals surface area contributed by atoms with Crippen molar-refractivity contribution < 1.29 is 19.1 Å². The van der Waals surface area contributed by atoms with E-state index in [0.717, 1.165) is 23.5 Å². The molecule has 0 fully saturated rings. The van der Waals surface area contributed by atoms with Gasteiger partial charge in [0.25, 0.3) is 5.91 Å². The summed E-state index contributed by atoms with van der Waals surface area (Å²) in [5.41, 5.74) is 3.14. The topological polar surface area (TPSA) is 106 Å². The molecular weight excluding hydrogens is 568 g/mol. The number of carbonyl (C=O) groups excluding carboxylic acids is 3. The summed E-state index contributed by atoms with van der Waals surface area (Å²) in [5, 5.41) is 8.61. The molecule has 10 nitrogen and oxygen atoms in total. The first-order valence-corrected chi connectivity index (χ1v) is 15.0. The summed E-state index contributed by atoms with van der Waals surface area (Å²) in [5.74, 6) is -0.331. The maximum atomic E-state index is 13.6. The Hall–Kier alpha value is -4.57. The number of hydrogen-bond acceptors (Lipinski definition) is 6. The third kappa shape index (κ3) is 11.5. The lowest BCUT2D eigenvalue weighted by molar-refractivity contribution is 0.0635. The smallest absolute Gasteiger partial charge is 0.412 e. The van der Waals surface area contributed by atoms with Gasteiger partial charge < -0.3 is 30.1 Å². The zero-order valence-electron chi connectivity index (χ0n) is 28.0. The quantitative estimate of drug-likeness (QED) is 0.215. The van der Waals surface area contributed by atoms with E-state index in [9.17, 15) is 14.4 Å². The van der Waals surface area contributed by atoms with Crippen molar-refractivity contribution in [3.05, 3.63) is 83.9 Å². The first kappa shape index (κ1) is 34.9. The van der Waals surface area contributed by atoms with Crippen molar-refractivity contribution in [2.75, 3.05) is 62.1 Å². The fourth-order valence-electron chi connectivity index (χ4n) is 4.96. The molecular formula is C35H48N6O4. The fraction of sp³-hybridized carbons (Fsp3) is 0.400. The van der Waals surface area contributed by atoms with Gasteiger partial charge in [0.1, 0.15) is 5.60 Å². The first-order valence-electron chi connectivity index (χ1n) is 15.0. The number of amides is 4. The number of nitrogens with zero attached hydrogens (tertiary/aromatic N) is 3. The third-order valence-corrected chi connectivity index (χ3v) is 6.69. The largest absolute Gasteiger partial charge is 0.444 e. The monoisotopic (exact) mass is 616 g/mol. The van der Waals surface area contributed by atoms with Gasteiger partial charge in [0.05, 0.1) is 11.4 Å². The second-order valence-electron chi connectivity index (χ2n) is 13.5. The van der Waals surface area contributed by atoms with E-state index in [1.165, 1.54) is 0 Å². The predicted octanol–water partition coefficient (Wildman–Crippen LogP) is 6.97. The van der Waals surface area contributed by atoms with Gasteiger partial charge in [-0.15, -0.1) is 0 Å². The summed E-state index contributed by atoms with van der Waals surface area (Å²) in [7, 11) is 7.99. The van der Waals surface area contributed by atoms with Crippen LogP contribution < -0.4 is 20.9 Å². The van der Waals surface area contributed by atoms with Gasteiger partial charge >= 0.3 is 12.1 Å². The highest BCUT2D eigenvalue weighted by Gasteiger charge is 2.26. The van der Waals surface area contributed by atoms with Crippen LogP contribution in [0.25, 0.3) is 0 Å². The van der Waals surface area contributed by atoms with Crippen LogP contribution in [0.4, 0.5) is 32.3 Å². The standard InChI is InChI=1S/C35H48N6O4/c1-34(2,3)45-33(44)38-30-13-11-10-12-29(30)37-31(42)26-16-14-25(15-17-26)22-41(24-35(4,5)23-39(6)7)32(43)36-27-18-20-28(21-19-27)40(8)9/h10-21H,22-24H2,1-9H3,(H,36,43)(H,37,42)(H,38,44). The summed E-state index contributed by atoms with van der Waals surface area (Å²) >= 11 is 0. The van der Waals surface area contributed by atoms with Crippen LogP contribution in [0.2, 0.25) is 0 Å². The van der Waals surface area contributed by atoms with Gasteiger partial charge in [-0.2, -0.15) is 0 Å². The number of benzene rings is 3. The molecule has 0 radical (unpaired) electrons. The van der Waals surface area contributed by atoms with Crippen molar-refractivity contribution in [1.29, 1.82) is 0 Å². The molecule has 0 atom stereocenters. The van der Waals surface area contributed by atoms with Crippen LogP contribution in [0.15, 0.2) is 72.8 Å². The number of nitrogens with one attached hydrogen (secondary N) is 3. The van der Waals surface area contributed by atoms with E-state index in [-0.39, 0.29) is 17.4 Å². The van der Waals surface area contributed by atoms with E-state index in [4.69, 9.17) is 4.74 Å². The average molecular weight is 617 g/mol. The van der Waals surface area contributed by atoms with Crippen LogP contribution in [0.1, 0.15) is 50.5 Å². The van der Waals surface area contributed by atoms with E-state index in [1.807, 2.05) is 69.5 Å². The highest BCUT2D eigenvalue weighted by molar-refractivity contribution is 6.06. The predicted molar refractivity (Wildman–Crippen MR) is 183 cm³/mol. The highest BCUT2D eigenvalue weighted by atomic mass is 16.6. The zero-order valence-corrected chi connectivity index (χ0v) is 28.0. The van der Waals surface area contributed by atoms with Crippen molar-refractivity contribution >= 4 is 40.8 Å². The Morgan fingerprint density at radius 1 is 0.711 bits per heavy atom. The van der Waals surface area contributed by atoms with E-state index < -0.39 is 11.7 Å². The number of hydrogen-bond donors (Lipinski definition) is 3. The lowest BCUT2D eigenvalue weighted by atomic mass is 9.92. The third-order valence-electron chi connectivity index (χ3n) is 6.69. The molecule has 0 aromatic heterocycles. The molecule has 0 saturated heterocycles. The molecule has 3 rings (SSSR count). The van der Waals surface area contributed by atoms with E-state index >= 15 is 0 Å². The van der Waals surface area contributed by atoms with E-state index in [2.05, 4.69) is 34.7 Å². The molecule has 4 amide bonds. The van der Waals surface area contributed by atoms with Crippen LogP contribution in [-0.4, -0.2) is 74.7 Å². The van der Waals surface area contributed by atoms with Crippen LogP contribution in [-0.2, 0) is 11.3 Å². The second kappa shape index (κ2) is 14.9. The van der Waals surface area contributed by atoms with Gasteiger partial charge in [0.15, 0.2) is 0 Å². The lowest BCUT2D eigenvalue weighted by Gasteiger charge is -2.35. The van der Waals surface area contributed by atoms with E-state index in [1.54, 1.807) is 62.1 Å². The molecule has 3 aromatic carbocycles. The minimum absolute atomic E-state index is 0.170. The van der Waals surface area contributed by atoms with Crippen molar-refractivity contribution in [3.8, 4) is 0 Å². The molecule has 0 aliphatic rings. The Kier molecular flexibility index (Phi) is 11.6. The van der Waals surface area contributed by atoms with Crippen LogP contribution in [0.3, 0.4) is 0 Å². The van der Waals surface area contributed by atoms with Gasteiger partial charge in [-0.05, 0) is 94.4 Å². The molecule has 0 aliphatic heterocycles. The van der Waals surface area contributed by atoms with Crippen LogP contribution in [0, 0.1) is 5.41 Å². The van der Waals surface area contributed by atoms with Crippen molar-refractivity contribution in [2.45, 2.75) is 46.8 Å². The molecule has 0 bridgehead atoms. The van der Waals surface area contributed by atoms with Crippen molar-refractivity contribution in [3.63, 3.8) is 0 Å². The minimum atomic E-state index is -0.653. The molecule has 0 unspecified atom stereocenters. The second-order valence-corrected chi connectivity index (χ2v) is 13.5. The SMILES string of the molecule is CN(C)CC(C)(C)CN(Cc1ccc(C(=O)Nc2ccccc2NC(=O)OC(C)(C)C)cc1)C(=O)Nc1ccc(N(C)C)cc1. The number of para-hydroxylation sites is 2. The molecule has 0 heterocycles. The number of urea groups is 1. The molecule has 0 saturated carbocycles. The molecule has 242 valence electrons. The Bertz CT molecular complexity index is 1440. The van der Waals surface area contributed by atoms with Crippen molar-refractivity contribution in [1.82, 2.24) is 9.80 Å². The normalized spacial score (nSPS) is 11.5. The molecule has 3 N–H and O–H groups in total. The minimum Gasteiger partial charge on any atom is -0.444 e. The Morgan fingerprint density at radius 2 is 1.29 bits per heavy atom. The maximum Gasteiger partial charge on any atom is 0.412 e. The molecule has 0 spiro atoms. The van der Waals surface area contributed by atoms with Crippen LogP contribution in [0.5, 0.6) is 0 Å². The van der Waals surface area contributed by atoms with Gasteiger partial charge in [-0.1, -0.05) is 38.1 Å². The summed E-state index contributed by atoms with van der Waals surface area (Å²) in [6.45, 7) is 11.3. The average Bonchev–Trinajstić information content (AvgIpc) is 2.92. The van der Waals surface area contributed by atoms with E-state index in [0.29, 0.717) is 30.0 Å². The zero-order chi connectivity index (χ0) is 33.4. The summed E-state index contributed by atoms with van der Waals surface area (Å²) < 4.78 is 5.34. The Morgan fingerprint density at radius 3 is 1.82 bits per heavy atom. The Labute approximate surface area is 267 Å². The number of ether oxygens (including phenoxy) is 1. The van der Waals surface area contributed by atoms with Crippen molar-refractivity contribution in [2.24, 2.45) is 5.41 Å². The first-order chi connectivity index (χ1) is 21.0. The van der Waals surface area contributed by atoms with Gasteiger partial charge in [0, 0.05) is 50.7 Å². The van der Waals surface area contributed by atoms with Crippen LogP contribution >= 0.6 is 0 Å². The highest BCUT2D eigenvalue weighted by Crippen LogP contribution is 2.24. The van der Waals surface area contributed by atoms with Gasteiger partial charge in [0.2, 0.25) is 0 Å². The summed E-state index contributed by atoms with van der Waals surface area (Å²) in [6, 6.07) is 21.6. The number of anilines is 4. The summed E-state index contributed by atoms with van der Waals surface area (Å²) in [4.78, 5) is 44.9. The molecule has 45 heavy (non-hydrogen) atoms. The molecule has 10 heteroatoms. The molecule has 3 aromatic rings.